The van der Waals surface area contributed by atoms with Gasteiger partial charge in [-0.3, -0.25) is 0 Å². The van der Waals surface area contributed by atoms with Crippen molar-refractivity contribution in [2.45, 2.75) is 50.8 Å². The van der Waals surface area contributed by atoms with Crippen LogP contribution in [-0.2, 0) is 9.63 Å². The number of hydroxylamine groups is 1. The summed E-state index contributed by atoms with van der Waals surface area (Å²) >= 11 is 0. The molecule has 0 aromatic carbocycles. The lowest BCUT2D eigenvalue weighted by atomic mass is 10.1. The predicted octanol–water partition coefficient (Wildman–Crippen LogP) is -0.315. The first-order valence-electron chi connectivity index (χ1n) is 5.05. The average Bonchev–Trinajstić information content (AvgIpc) is 2.97. The van der Waals surface area contributed by atoms with E-state index < -0.39 is 18.1 Å². The van der Waals surface area contributed by atoms with Gasteiger partial charge in [0, 0.05) is 12.1 Å². The van der Waals surface area contributed by atoms with Gasteiger partial charge in [0.2, 0.25) is 0 Å². The molecule has 0 aromatic heterocycles. The van der Waals surface area contributed by atoms with Crippen molar-refractivity contribution < 1.29 is 14.7 Å². The molecule has 82 valence electrons. The number of carbonyl (C=O) groups excluding carboxylic acids is 1. The smallest absolute Gasteiger partial charge is 0.355 e. The summed E-state index contributed by atoms with van der Waals surface area (Å²) in [6.45, 7) is 1.94. The number of aliphatic hydroxyl groups excluding tert-OH is 1. The topological polar surface area (TPSA) is 84.6 Å². The average molecular weight is 202 g/mol. The van der Waals surface area contributed by atoms with Crippen molar-refractivity contribution >= 4 is 5.97 Å². The van der Waals surface area contributed by atoms with Gasteiger partial charge >= 0.3 is 5.97 Å². The molecule has 1 rings (SSSR count). The van der Waals surface area contributed by atoms with E-state index >= 15 is 0 Å². The van der Waals surface area contributed by atoms with Crippen LogP contribution in [0.2, 0.25) is 0 Å². The molecule has 0 spiro atoms. The Bertz CT molecular complexity index is 194. The number of hydrogen-bond acceptors (Lipinski definition) is 5. The number of rotatable bonds is 6. The lowest BCUT2D eigenvalue weighted by molar-refractivity contribution is -0.162. The molecule has 1 fully saturated rings. The summed E-state index contributed by atoms with van der Waals surface area (Å²) in [5.41, 5.74) is 8.14. The van der Waals surface area contributed by atoms with E-state index in [1.165, 1.54) is 0 Å². The van der Waals surface area contributed by atoms with Crippen molar-refractivity contribution in [1.82, 2.24) is 5.48 Å². The van der Waals surface area contributed by atoms with Crippen LogP contribution in [0.1, 0.15) is 32.6 Å². The third-order valence-corrected chi connectivity index (χ3v) is 2.17. The SMILES string of the molecule is CCCC(N)C(O)C(=O)ONC1CC1. The Balaban J connectivity index is 2.19. The minimum absolute atomic E-state index is 0.272. The molecule has 0 saturated heterocycles. The van der Waals surface area contributed by atoms with Crippen LogP contribution in [0, 0.1) is 0 Å². The summed E-state index contributed by atoms with van der Waals surface area (Å²) in [5, 5.41) is 9.41. The van der Waals surface area contributed by atoms with Crippen LogP contribution >= 0.6 is 0 Å². The van der Waals surface area contributed by atoms with E-state index in [4.69, 9.17) is 5.73 Å². The van der Waals surface area contributed by atoms with Crippen molar-refractivity contribution in [1.29, 1.82) is 0 Å². The minimum Gasteiger partial charge on any atom is -0.380 e. The second-order valence-electron chi connectivity index (χ2n) is 3.71. The predicted molar refractivity (Wildman–Crippen MR) is 51.1 cm³/mol. The molecular weight excluding hydrogens is 184 g/mol. The summed E-state index contributed by atoms with van der Waals surface area (Å²) < 4.78 is 0. The first-order chi connectivity index (χ1) is 6.65. The van der Waals surface area contributed by atoms with Crippen LogP contribution in [0.25, 0.3) is 0 Å². The molecule has 0 heterocycles. The maximum Gasteiger partial charge on any atom is 0.355 e. The highest BCUT2D eigenvalue weighted by molar-refractivity contribution is 5.75. The standard InChI is InChI=1S/C9H18N2O3/c1-2-3-7(10)8(12)9(13)14-11-6-4-5-6/h6-8,11-12H,2-5,10H2,1H3. The van der Waals surface area contributed by atoms with Crippen molar-refractivity contribution in [3.63, 3.8) is 0 Å². The molecule has 5 heteroatoms. The summed E-state index contributed by atoms with van der Waals surface area (Å²) in [6.07, 6.45) is 2.26. The first kappa shape index (κ1) is 11.4. The van der Waals surface area contributed by atoms with Crippen LogP contribution in [0.4, 0.5) is 0 Å². The quantitative estimate of drug-likeness (QED) is 0.514. The Morgan fingerprint density at radius 2 is 2.36 bits per heavy atom. The van der Waals surface area contributed by atoms with Gasteiger partial charge in [-0.1, -0.05) is 13.3 Å². The number of carbonyl (C=O) groups is 1. The van der Waals surface area contributed by atoms with Gasteiger partial charge < -0.3 is 15.7 Å². The molecule has 1 aliphatic rings. The fourth-order valence-corrected chi connectivity index (χ4v) is 1.07. The van der Waals surface area contributed by atoms with Crippen molar-refractivity contribution in [3.8, 4) is 0 Å². The molecule has 4 N–H and O–H groups in total. The summed E-state index contributed by atoms with van der Waals surface area (Å²) in [4.78, 5) is 15.9. The number of aliphatic hydroxyl groups is 1. The van der Waals surface area contributed by atoms with E-state index in [2.05, 4.69) is 10.3 Å². The van der Waals surface area contributed by atoms with Gasteiger partial charge in [-0.15, -0.1) is 5.48 Å². The van der Waals surface area contributed by atoms with Gasteiger partial charge in [0.05, 0.1) is 0 Å². The van der Waals surface area contributed by atoms with Crippen LogP contribution in [0.5, 0.6) is 0 Å². The third-order valence-electron chi connectivity index (χ3n) is 2.17. The summed E-state index contributed by atoms with van der Waals surface area (Å²) in [6, 6.07) is -0.262. The van der Waals surface area contributed by atoms with E-state index in [-0.39, 0.29) is 6.04 Å². The van der Waals surface area contributed by atoms with Gasteiger partial charge in [0.25, 0.3) is 0 Å². The zero-order valence-electron chi connectivity index (χ0n) is 8.40. The molecular formula is C9H18N2O3. The molecule has 0 bridgehead atoms. The van der Waals surface area contributed by atoms with Crippen LogP contribution in [-0.4, -0.2) is 29.3 Å². The van der Waals surface area contributed by atoms with E-state index in [1.54, 1.807) is 0 Å². The van der Waals surface area contributed by atoms with E-state index in [9.17, 15) is 9.90 Å². The molecule has 14 heavy (non-hydrogen) atoms. The third kappa shape index (κ3) is 3.61. The lowest BCUT2D eigenvalue weighted by Crippen LogP contribution is -2.43. The van der Waals surface area contributed by atoms with Crippen LogP contribution in [0.15, 0.2) is 0 Å². The molecule has 0 amide bonds. The minimum atomic E-state index is -1.22. The van der Waals surface area contributed by atoms with Crippen LogP contribution < -0.4 is 11.2 Å². The summed E-state index contributed by atoms with van der Waals surface area (Å²) in [5.74, 6) is -0.683. The van der Waals surface area contributed by atoms with Crippen molar-refractivity contribution in [2.24, 2.45) is 5.73 Å². The monoisotopic (exact) mass is 202 g/mol. The molecule has 0 aliphatic heterocycles. The highest BCUT2D eigenvalue weighted by Gasteiger charge is 2.27. The highest BCUT2D eigenvalue weighted by atomic mass is 16.7. The first-order valence-corrected chi connectivity index (χ1v) is 5.05. The lowest BCUT2D eigenvalue weighted by Gasteiger charge is -2.16. The number of hydrogen-bond donors (Lipinski definition) is 3. The molecule has 2 atom stereocenters. The Morgan fingerprint density at radius 3 is 2.86 bits per heavy atom. The Kier molecular flexibility index (Phi) is 4.31. The van der Waals surface area contributed by atoms with Gasteiger partial charge in [-0.2, -0.15) is 0 Å². The molecule has 0 aromatic rings. The number of nitrogens with two attached hydrogens (primary N) is 1. The molecule has 1 saturated carbocycles. The Morgan fingerprint density at radius 1 is 1.71 bits per heavy atom. The van der Waals surface area contributed by atoms with E-state index in [1.807, 2.05) is 6.92 Å². The highest BCUT2D eigenvalue weighted by Crippen LogP contribution is 2.18. The molecule has 1 aliphatic carbocycles. The maximum atomic E-state index is 11.2. The zero-order valence-corrected chi connectivity index (χ0v) is 8.40. The fourth-order valence-electron chi connectivity index (χ4n) is 1.07. The van der Waals surface area contributed by atoms with Crippen LogP contribution in [0.3, 0.4) is 0 Å². The molecule has 5 nitrogen and oxygen atoms in total. The second-order valence-corrected chi connectivity index (χ2v) is 3.71. The summed E-state index contributed by atoms with van der Waals surface area (Å²) in [7, 11) is 0. The maximum absolute atomic E-state index is 11.2. The van der Waals surface area contributed by atoms with Gasteiger partial charge in [-0.05, 0) is 19.3 Å². The number of nitrogens with one attached hydrogen (secondary N) is 1. The van der Waals surface area contributed by atoms with Crippen molar-refractivity contribution in [2.75, 3.05) is 0 Å². The van der Waals surface area contributed by atoms with E-state index in [0.717, 1.165) is 19.3 Å². The second kappa shape index (κ2) is 5.29. The van der Waals surface area contributed by atoms with E-state index in [0.29, 0.717) is 6.42 Å². The molecule has 0 radical (unpaired) electrons. The Hall–Kier alpha value is -0.650. The largest absolute Gasteiger partial charge is 0.380 e. The fraction of sp³-hybridized carbons (Fsp3) is 0.889. The van der Waals surface area contributed by atoms with Crippen molar-refractivity contribution in [3.05, 3.63) is 0 Å². The zero-order chi connectivity index (χ0) is 10.6. The van der Waals surface area contributed by atoms with Gasteiger partial charge in [0.15, 0.2) is 6.10 Å². The Labute approximate surface area is 83.6 Å². The normalized spacial score (nSPS) is 20.2. The molecule has 2 unspecified atom stereocenters. The van der Waals surface area contributed by atoms with Gasteiger partial charge in [-0.25, -0.2) is 4.79 Å². The van der Waals surface area contributed by atoms with Gasteiger partial charge in [0.1, 0.15) is 0 Å².